The summed E-state index contributed by atoms with van der Waals surface area (Å²) < 4.78 is 24.8. The van der Waals surface area contributed by atoms with Crippen LogP contribution in [0.3, 0.4) is 0 Å². The predicted molar refractivity (Wildman–Crippen MR) is 85.7 cm³/mol. The van der Waals surface area contributed by atoms with Crippen molar-refractivity contribution in [3.05, 3.63) is 60.2 Å². The Labute approximate surface area is 133 Å². The fraction of sp³-hybridized carbons (Fsp3) is 0. The molecular weight excluding hydrogens is 322 g/mol. The van der Waals surface area contributed by atoms with Crippen molar-refractivity contribution in [1.82, 2.24) is 10.9 Å². The number of thiocarbonyl (C=S) groups is 1. The molecule has 0 radical (unpaired) electrons. The van der Waals surface area contributed by atoms with E-state index in [2.05, 4.69) is 23.1 Å². The van der Waals surface area contributed by atoms with Crippen molar-refractivity contribution in [1.29, 1.82) is 0 Å². The molecule has 0 aromatic heterocycles. The molecule has 4 N–H and O–H groups in total. The Kier molecular flexibility index (Phi) is 4.74. The summed E-state index contributed by atoms with van der Waals surface area (Å²) in [5.41, 5.74) is 10.1. The predicted octanol–water partition coefficient (Wildman–Crippen LogP) is 0.997. The first-order valence-electron chi connectivity index (χ1n) is 6.17. The van der Waals surface area contributed by atoms with E-state index >= 15 is 0 Å². The van der Waals surface area contributed by atoms with Crippen molar-refractivity contribution in [2.45, 2.75) is 9.79 Å². The molecule has 0 saturated carbocycles. The van der Waals surface area contributed by atoms with E-state index in [4.69, 9.17) is 5.73 Å². The van der Waals surface area contributed by atoms with Crippen LogP contribution >= 0.6 is 12.2 Å². The molecule has 0 heterocycles. The van der Waals surface area contributed by atoms with E-state index < -0.39 is 15.7 Å². The Bertz CT molecular complexity index is 788. The highest BCUT2D eigenvalue weighted by Crippen LogP contribution is 2.20. The number of sulfone groups is 1. The van der Waals surface area contributed by atoms with Crippen molar-refractivity contribution >= 4 is 33.1 Å². The number of carbonyl (C=O) groups excluding carboxylic acids is 1. The van der Waals surface area contributed by atoms with E-state index in [1.165, 1.54) is 36.4 Å². The SMILES string of the molecule is NC(=S)NNC(=O)c1ccc(S(=O)(=O)c2ccccc2)cc1. The fourth-order valence-electron chi connectivity index (χ4n) is 1.71. The molecule has 1 amide bonds. The third-order valence-corrected chi connectivity index (χ3v) is 4.67. The molecule has 2 aromatic carbocycles. The van der Waals surface area contributed by atoms with Crippen molar-refractivity contribution < 1.29 is 13.2 Å². The first-order chi connectivity index (χ1) is 10.4. The molecule has 0 aliphatic heterocycles. The van der Waals surface area contributed by atoms with Crippen LogP contribution in [0, 0.1) is 0 Å². The summed E-state index contributed by atoms with van der Waals surface area (Å²) in [6.07, 6.45) is 0. The molecule has 2 rings (SSSR count). The summed E-state index contributed by atoms with van der Waals surface area (Å²) in [7, 11) is -3.60. The van der Waals surface area contributed by atoms with Crippen LogP contribution in [-0.4, -0.2) is 19.4 Å². The molecule has 114 valence electrons. The average molecular weight is 335 g/mol. The van der Waals surface area contributed by atoms with Gasteiger partial charge in [0.15, 0.2) is 5.11 Å². The van der Waals surface area contributed by atoms with Crippen LogP contribution in [-0.2, 0) is 9.84 Å². The van der Waals surface area contributed by atoms with Gasteiger partial charge in [0.2, 0.25) is 9.84 Å². The first kappa shape index (κ1) is 15.9. The Hall–Kier alpha value is -2.45. The van der Waals surface area contributed by atoms with Gasteiger partial charge in [0.25, 0.3) is 5.91 Å². The Morgan fingerprint density at radius 3 is 2.00 bits per heavy atom. The average Bonchev–Trinajstić information content (AvgIpc) is 2.53. The zero-order chi connectivity index (χ0) is 16.2. The lowest BCUT2D eigenvalue weighted by Gasteiger charge is -2.08. The van der Waals surface area contributed by atoms with Crippen molar-refractivity contribution in [2.24, 2.45) is 5.73 Å². The summed E-state index contributed by atoms with van der Waals surface area (Å²) in [5, 5.41) is -0.0726. The van der Waals surface area contributed by atoms with Crippen LogP contribution in [0.5, 0.6) is 0 Å². The van der Waals surface area contributed by atoms with Gasteiger partial charge in [-0.05, 0) is 48.6 Å². The van der Waals surface area contributed by atoms with Gasteiger partial charge in [-0.2, -0.15) is 0 Å². The number of benzene rings is 2. The van der Waals surface area contributed by atoms with Crippen LogP contribution in [0.2, 0.25) is 0 Å². The highest BCUT2D eigenvalue weighted by Gasteiger charge is 2.17. The minimum absolute atomic E-state index is 0.0726. The van der Waals surface area contributed by atoms with Gasteiger partial charge >= 0.3 is 0 Å². The molecule has 0 aliphatic rings. The lowest BCUT2D eigenvalue weighted by Crippen LogP contribution is -2.44. The van der Waals surface area contributed by atoms with E-state index in [0.717, 1.165) is 0 Å². The van der Waals surface area contributed by atoms with Gasteiger partial charge < -0.3 is 5.73 Å². The third-order valence-electron chi connectivity index (χ3n) is 2.78. The molecule has 6 nitrogen and oxygen atoms in total. The molecule has 0 fully saturated rings. The maximum atomic E-state index is 12.4. The summed E-state index contributed by atoms with van der Waals surface area (Å²) in [4.78, 5) is 12.0. The number of amides is 1. The summed E-state index contributed by atoms with van der Waals surface area (Å²) in [6, 6.07) is 13.6. The number of hydrogen-bond donors (Lipinski definition) is 3. The van der Waals surface area contributed by atoms with Crippen LogP contribution in [0.25, 0.3) is 0 Å². The smallest absolute Gasteiger partial charge is 0.269 e. The molecule has 0 saturated heterocycles. The molecular formula is C14H13N3O3S2. The van der Waals surface area contributed by atoms with Crippen LogP contribution in [0.1, 0.15) is 10.4 Å². The van der Waals surface area contributed by atoms with E-state index in [1.54, 1.807) is 18.2 Å². The number of hydrogen-bond acceptors (Lipinski definition) is 4. The van der Waals surface area contributed by atoms with E-state index in [0.29, 0.717) is 0 Å². The molecule has 0 aliphatic carbocycles. The van der Waals surface area contributed by atoms with Crippen molar-refractivity contribution in [3.8, 4) is 0 Å². The topological polar surface area (TPSA) is 101 Å². The zero-order valence-corrected chi connectivity index (χ0v) is 12.9. The number of carbonyl (C=O) groups is 1. The van der Waals surface area contributed by atoms with Crippen molar-refractivity contribution in [2.75, 3.05) is 0 Å². The number of nitrogens with one attached hydrogen (secondary N) is 2. The molecule has 0 bridgehead atoms. The highest BCUT2D eigenvalue weighted by molar-refractivity contribution is 7.91. The van der Waals surface area contributed by atoms with Gasteiger partial charge in [0.1, 0.15) is 0 Å². The minimum Gasteiger partial charge on any atom is -0.375 e. The van der Waals surface area contributed by atoms with Gasteiger partial charge in [-0.1, -0.05) is 18.2 Å². The van der Waals surface area contributed by atoms with E-state index in [1.807, 2.05) is 0 Å². The number of nitrogens with two attached hydrogens (primary N) is 1. The molecule has 0 unspecified atom stereocenters. The van der Waals surface area contributed by atoms with Gasteiger partial charge in [0.05, 0.1) is 9.79 Å². The molecule has 2 aromatic rings. The molecule has 0 atom stereocenters. The third kappa shape index (κ3) is 3.60. The van der Waals surface area contributed by atoms with E-state index in [9.17, 15) is 13.2 Å². The van der Waals surface area contributed by atoms with Gasteiger partial charge in [-0.15, -0.1) is 0 Å². The van der Waals surface area contributed by atoms with Gasteiger partial charge in [0, 0.05) is 5.56 Å². The minimum atomic E-state index is -3.60. The van der Waals surface area contributed by atoms with Crippen molar-refractivity contribution in [3.63, 3.8) is 0 Å². The monoisotopic (exact) mass is 335 g/mol. The Morgan fingerprint density at radius 1 is 0.909 bits per heavy atom. The maximum Gasteiger partial charge on any atom is 0.269 e. The second-order valence-corrected chi connectivity index (χ2v) is 6.67. The maximum absolute atomic E-state index is 12.4. The molecule has 8 heteroatoms. The van der Waals surface area contributed by atoms with E-state index in [-0.39, 0.29) is 20.5 Å². The number of rotatable bonds is 3. The lowest BCUT2D eigenvalue weighted by molar-refractivity contribution is 0.0944. The standard InChI is InChI=1S/C14H13N3O3S2/c15-14(21)17-16-13(18)10-6-8-12(9-7-10)22(19,20)11-4-2-1-3-5-11/h1-9H,(H,16,18)(H3,15,17,21). The molecule has 22 heavy (non-hydrogen) atoms. The summed E-state index contributed by atoms with van der Waals surface area (Å²) in [6.45, 7) is 0. The summed E-state index contributed by atoms with van der Waals surface area (Å²) in [5.74, 6) is -0.476. The second-order valence-electron chi connectivity index (χ2n) is 4.28. The largest absolute Gasteiger partial charge is 0.375 e. The Balaban J connectivity index is 2.22. The molecule has 0 spiro atoms. The van der Waals surface area contributed by atoms with Crippen LogP contribution in [0.15, 0.2) is 64.4 Å². The number of hydrazine groups is 1. The van der Waals surface area contributed by atoms with Crippen LogP contribution in [0.4, 0.5) is 0 Å². The fourth-order valence-corrected chi connectivity index (χ4v) is 3.04. The quantitative estimate of drug-likeness (QED) is 0.571. The van der Waals surface area contributed by atoms with Gasteiger partial charge in [-0.3, -0.25) is 15.6 Å². The first-order valence-corrected chi connectivity index (χ1v) is 8.06. The summed E-state index contributed by atoms with van der Waals surface area (Å²) >= 11 is 4.56. The van der Waals surface area contributed by atoms with Crippen LogP contribution < -0.4 is 16.6 Å². The lowest BCUT2D eigenvalue weighted by atomic mass is 10.2. The zero-order valence-electron chi connectivity index (χ0n) is 11.3. The Morgan fingerprint density at radius 2 is 1.45 bits per heavy atom. The van der Waals surface area contributed by atoms with Gasteiger partial charge in [-0.25, -0.2) is 8.42 Å². The highest BCUT2D eigenvalue weighted by atomic mass is 32.2. The normalized spacial score (nSPS) is 10.7. The second kappa shape index (κ2) is 6.54.